The second kappa shape index (κ2) is 11.4. The van der Waals surface area contributed by atoms with E-state index in [4.69, 9.17) is 12.2 Å². The summed E-state index contributed by atoms with van der Waals surface area (Å²) in [5.41, 5.74) is 2.42. The van der Waals surface area contributed by atoms with Crippen LogP contribution in [0.1, 0.15) is 38.2 Å². The molecule has 0 saturated carbocycles. The largest absolute Gasteiger partial charge is 0.349 e. The fourth-order valence-corrected chi connectivity index (χ4v) is 2.92. The van der Waals surface area contributed by atoms with Crippen molar-refractivity contribution in [2.75, 3.05) is 59.7 Å². The van der Waals surface area contributed by atoms with E-state index in [-0.39, 0.29) is 0 Å². The third-order valence-electron chi connectivity index (χ3n) is 4.18. The highest BCUT2D eigenvalue weighted by Crippen LogP contribution is 2.17. The zero-order valence-electron chi connectivity index (χ0n) is 16.9. The van der Waals surface area contributed by atoms with E-state index in [2.05, 4.69) is 86.3 Å². The number of benzene rings is 1. The molecule has 0 aliphatic carbocycles. The molecule has 0 radical (unpaired) electrons. The summed E-state index contributed by atoms with van der Waals surface area (Å²) in [6.45, 7) is 8.56. The van der Waals surface area contributed by atoms with E-state index < -0.39 is 0 Å². The van der Waals surface area contributed by atoms with E-state index in [0.29, 0.717) is 5.92 Å². The second-order valence-corrected chi connectivity index (χ2v) is 7.89. The molecule has 0 unspecified atom stereocenters. The van der Waals surface area contributed by atoms with Gasteiger partial charge >= 0.3 is 0 Å². The topological polar surface area (TPSA) is 21.8 Å². The van der Waals surface area contributed by atoms with Crippen molar-refractivity contribution in [3.05, 3.63) is 29.8 Å². The summed E-state index contributed by atoms with van der Waals surface area (Å²) in [6.07, 6.45) is 2.23. The molecule has 0 spiro atoms. The summed E-state index contributed by atoms with van der Waals surface area (Å²) in [7, 11) is 8.46. The summed E-state index contributed by atoms with van der Waals surface area (Å²) in [5, 5.41) is 4.24. The Hall–Kier alpha value is -1.17. The minimum Gasteiger partial charge on any atom is -0.349 e. The first-order chi connectivity index (χ1) is 11.8. The van der Waals surface area contributed by atoms with Crippen LogP contribution in [0.5, 0.6) is 0 Å². The molecule has 142 valence electrons. The van der Waals surface area contributed by atoms with Gasteiger partial charge in [0.15, 0.2) is 5.11 Å². The van der Waals surface area contributed by atoms with Gasteiger partial charge in [-0.2, -0.15) is 0 Å². The van der Waals surface area contributed by atoms with Gasteiger partial charge in [0, 0.05) is 18.8 Å². The maximum atomic E-state index is 5.69. The highest BCUT2D eigenvalue weighted by atomic mass is 32.1. The van der Waals surface area contributed by atoms with Crippen LogP contribution in [0.2, 0.25) is 0 Å². The predicted octanol–water partition coefficient (Wildman–Crippen LogP) is 3.71. The lowest BCUT2D eigenvalue weighted by Gasteiger charge is -2.27. The normalized spacial score (nSPS) is 11.4. The van der Waals surface area contributed by atoms with Gasteiger partial charge in [0.05, 0.1) is 0 Å². The number of hydrogen-bond acceptors (Lipinski definition) is 3. The number of nitrogens with zero attached hydrogens (tertiary/aromatic N) is 3. The second-order valence-electron chi connectivity index (χ2n) is 7.51. The Morgan fingerprint density at radius 1 is 0.880 bits per heavy atom. The zero-order chi connectivity index (χ0) is 18.8. The number of nitrogens with one attached hydrogen (secondary N) is 1. The van der Waals surface area contributed by atoms with Crippen LogP contribution in [0, 0.1) is 0 Å². The van der Waals surface area contributed by atoms with Gasteiger partial charge in [-0.05, 0) is 90.0 Å². The third-order valence-corrected chi connectivity index (χ3v) is 4.54. The molecule has 1 aromatic carbocycles. The van der Waals surface area contributed by atoms with Crippen LogP contribution in [0.3, 0.4) is 0 Å². The van der Waals surface area contributed by atoms with Gasteiger partial charge in [0.25, 0.3) is 0 Å². The molecule has 0 aliphatic heterocycles. The van der Waals surface area contributed by atoms with Crippen LogP contribution in [-0.2, 0) is 0 Å². The minimum atomic E-state index is 0.551. The lowest BCUT2D eigenvalue weighted by atomic mass is 10.0. The fourth-order valence-electron chi connectivity index (χ4n) is 2.62. The molecule has 0 atom stereocenters. The first kappa shape index (κ1) is 21.9. The number of thiocarbonyl (C=S) groups is 1. The number of anilines is 1. The zero-order valence-corrected chi connectivity index (χ0v) is 17.7. The quantitative estimate of drug-likeness (QED) is 0.637. The highest BCUT2D eigenvalue weighted by Gasteiger charge is 2.10. The third kappa shape index (κ3) is 9.19. The van der Waals surface area contributed by atoms with Crippen LogP contribution in [-0.4, -0.2) is 74.2 Å². The van der Waals surface area contributed by atoms with Gasteiger partial charge in [0.2, 0.25) is 0 Å². The molecular weight excluding hydrogens is 328 g/mol. The molecule has 1 rings (SSSR count). The Labute approximate surface area is 160 Å². The van der Waals surface area contributed by atoms with Crippen molar-refractivity contribution >= 4 is 23.0 Å². The van der Waals surface area contributed by atoms with Crippen molar-refractivity contribution in [3.63, 3.8) is 0 Å². The van der Waals surface area contributed by atoms with Crippen molar-refractivity contribution in [1.82, 2.24) is 14.7 Å². The molecule has 0 aromatic heterocycles. The van der Waals surface area contributed by atoms with Gasteiger partial charge in [-0.1, -0.05) is 26.0 Å². The molecular formula is C20H36N4S. The molecule has 25 heavy (non-hydrogen) atoms. The standard InChI is InChI=1S/C20H36N4S/c1-17(2)18-9-11-19(12-10-18)21-20(25)24(15-7-13-22(3)4)16-8-14-23(5)6/h9-12,17H,7-8,13-16H2,1-6H3,(H,21,25). The van der Waals surface area contributed by atoms with Crippen LogP contribution in [0.15, 0.2) is 24.3 Å². The van der Waals surface area contributed by atoms with Crippen LogP contribution in [0.4, 0.5) is 5.69 Å². The van der Waals surface area contributed by atoms with Gasteiger partial charge in [-0.3, -0.25) is 0 Å². The maximum absolute atomic E-state index is 5.69. The first-order valence-corrected chi connectivity index (χ1v) is 9.65. The van der Waals surface area contributed by atoms with Crippen LogP contribution >= 0.6 is 12.2 Å². The average molecular weight is 365 g/mol. The number of rotatable bonds is 10. The predicted molar refractivity (Wildman–Crippen MR) is 115 cm³/mol. The highest BCUT2D eigenvalue weighted by molar-refractivity contribution is 7.80. The van der Waals surface area contributed by atoms with Crippen molar-refractivity contribution in [1.29, 1.82) is 0 Å². The Balaban J connectivity index is 2.62. The first-order valence-electron chi connectivity index (χ1n) is 9.25. The van der Waals surface area contributed by atoms with Crippen molar-refractivity contribution in [3.8, 4) is 0 Å². The molecule has 5 heteroatoms. The van der Waals surface area contributed by atoms with E-state index in [9.17, 15) is 0 Å². The molecule has 0 amide bonds. The van der Waals surface area contributed by atoms with Crippen LogP contribution < -0.4 is 5.32 Å². The lowest BCUT2D eigenvalue weighted by Crippen LogP contribution is -2.38. The fraction of sp³-hybridized carbons (Fsp3) is 0.650. The van der Waals surface area contributed by atoms with Gasteiger partial charge in [0.1, 0.15) is 0 Å². The van der Waals surface area contributed by atoms with E-state index in [1.54, 1.807) is 0 Å². The molecule has 1 aromatic rings. The van der Waals surface area contributed by atoms with Gasteiger partial charge in [-0.15, -0.1) is 0 Å². The molecule has 4 nitrogen and oxygen atoms in total. The smallest absolute Gasteiger partial charge is 0.173 e. The molecule has 0 bridgehead atoms. The van der Waals surface area contributed by atoms with Crippen molar-refractivity contribution in [2.24, 2.45) is 0 Å². The molecule has 1 N–H and O–H groups in total. The Morgan fingerprint density at radius 2 is 1.36 bits per heavy atom. The molecule has 0 fully saturated rings. The maximum Gasteiger partial charge on any atom is 0.173 e. The molecule has 0 saturated heterocycles. The van der Waals surface area contributed by atoms with Crippen molar-refractivity contribution < 1.29 is 0 Å². The van der Waals surface area contributed by atoms with E-state index in [0.717, 1.165) is 49.8 Å². The lowest BCUT2D eigenvalue weighted by molar-refractivity contribution is 0.325. The Bertz CT molecular complexity index is 483. The van der Waals surface area contributed by atoms with Gasteiger partial charge < -0.3 is 20.0 Å². The monoisotopic (exact) mass is 364 g/mol. The SMILES string of the molecule is CC(C)c1ccc(NC(=S)N(CCCN(C)C)CCCN(C)C)cc1. The Kier molecular flexibility index (Phi) is 10.0. The van der Waals surface area contributed by atoms with E-state index >= 15 is 0 Å². The summed E-state index contributed by atoms with van der Waals surface area (Å²) < 4.78 is 0. The summed E-state index contributed by atoms with van der Waals surface area (Å²) in [5.74, 6) is 0.551. The summed E-state index contributed by atoms with van der Waals surface area (Å²) in [4.78, 5) is 6.75. The summed E-state index contributed by atoms with van der Waals surface area (Å²) >= 11 is 5.69. The van der Waals surface area contributed by atoms with Crippen molar-refractivity contribution in [2.45, 2.75) is 32.6 Å². The summed E-state index contributed by atoms with van der Waals surface area (Å²) in [6, 6.07) is 8.61. The molecule has 0 aliphatic rings. The Morgan fingerprint density at radius 3 is 1.76 bits per heavy atom. The van der Waals surface area contributed by atoms with Gasteiger partial charge in [-0.25, -0.2) is 0 Å². The van der Waals surface area contributed by atoms with E-state index in [1.165, 1.54) is 5.56 Å². The van der Waals surface area contributed by atoms with E-state index in [1.807, 2.05) is 0 Å². The number of hydrogen-bond donors (Lipinski definition) is 1. The average Bonchev–Trinajstić information content (AvgIpc) is 2.53. The minimum absolute atomic E-state index is 0.551. The van der Waals surface area contributed by atoms with Crippen LogP contribution in [0.25, 0.3) is 0 Å². The molecule has 0 heterocycles.